The van der Waals surface area contributed by atoms with Gasteiger partial charge in [0.15, 0.2) is 5.76 Å². The quantitative estimate of drug-likeness (QED) is 0.899. The fourth-order valence-corrected chi connectivity index (χ4v) is 2.20. The van der Waals surface area contributed by atoms with Crippen molar-refractivity contribution in [2.24, 2.45) is 0 Å². The summed E-state index contributed by atoms with van der Waals surface area (Å²) in [5.41, 5.74) is 2.29. The maximum atomic E-state index is 12.3. The van der Waals surface area contributed by atoms with Crippen molar-refractivity contribution < 1.29 is 14.1 Å². The van der Waals surface area contributed by atoms with E-state index in [1.54, 1.807) is 19.2 Å². The van der Waals surface area contributed by atoms with Crippen molar-refractivity contribution in [1.82, 2.24) is 10.1 Å². The number of amides is 2. The average molecular weight is 338 g/mol. The first-order valence-electron chi connectivity index (χ1n) is 7.25. The van der Waals surface area contributed by atoms with Crippen LogP contribution in [0.1, 0.15) is 23.9 Å². The summed E-state index contributed by atoms with van der Waals surface area (Å²) in [6.07, 6.45) is 0.792. The fraction of sp³-hybridized carbons (Fsp3) is 0.375. The van der Waals surface area contributed by atoms with Gasteiger partial charge in [-0.25, -0.2) is 4.79 Å². The zero-order valence-electron chi connectivity index (χ0n) is 13.6. The minimum Gasteiger partial charge on any atom is -0.495 e. The van der Waals surface area contributed by atoms with Gasteiger partial charge in [-0.1, -0.05) is 23.7 Å². The van der Waals surface area contributed by atoms with Crippen LogP contribution in [0, 0.1) is 6.92 Å². The molecule has 0 unspecified atom stereocenters. The Morgan fingerprint density at radius 1 is 1.43 bits per heavy atom. The number of urea groups is 1. The van der Waals surface area contributed by atoms with Crippen LogP contribution in [0.3, 0.4) is 0 Å². The topological polar surface area (TPSA) is 67.6 Å². The van der Waals surface area contributed by atoms with Gasteiger partial charge in [-0.15, -0.1) is 0 Å². The van der Waals surface area contributed by atoms with E-state index in [1.165, 1.54) is 12.0 Å². The number of carbonyl (C=O) groups is 1. The summed E-state index contributed by atoms with van der Waals surface area (Å²) in [5, 5.41) is 7.31. The zero-order valence-corrected chi connectivity index (χ0v) is 14.4. The Morgan fingerprint density at radius 3 is 2.78 bits per heavy atom. The number of benzene rings is 1. The zero-order chi connectivity index (χ0) is 17.0. The van der Waals surface area contributed by atoms with Gasteiger partial charge >= 0.3 is 6.03 Å². The Balaban J connectivity index is 2.07. The van der Waals surface area contributed by atoms with E-state index in [0.717, 1.165) is 17.7 Å². The smallest absolute Gasteiger partial charge is 0.322 e. The van der Waals surface area contributed by atoms with Gasteiger partial charge < -0.3 is 19.5 Å². The van der Waals surface area contributed by atoms with E-state index >= 15 is 0 Å². The highest BCUT2D eigenvalue weighted by molar-refractivity contribution is 6.31. The second-order valence-electron chi connectivity index (χ2n) is 5.23. The molecule has 7 heteroatoms. The number of methoxy groups -OCH3 is 1. The molecule has 2 amide bonds. The Hall–Kier alpha value is -2.21. The fourth-order valence-electron chi connectivity index (χ4n) is 2.04. The van der Waals surface area contributed by atoms with Crippen LogP contribution in [0.25, 0.3) is 0 Å². The van der Waals surface area contributed by atoms with Crippen LogP contribution in [0.5, 0.6) is 5.75 Å². The molecular formula is C16H20ClN3O3. The summed E-state index contributed by atoms with van der Waals surface area (Å²) < 4.78 is 10.4. The molecule has 6 nitrogen and oxygen atoms in total. The SMILES string of the molecule is CCc1cc(CN(C)C(=O)Nc2cc(C)c(Cl)cc2OC)on1. The van der Waals surface area contributed by atoms with Crippen molar-refractivity contribution in [1.29, 1.82) is 0 Å². The second kappa shape index (κ2) is 7.37. The summed E-state index contributed by atoms with van der Waals surface area (Å²) in [7, 11) is 3.21. The Kier molecular flexibility index (Phi) is 5.50. The molecule has 0 saturated heterocycles. The Labute approximate surface area is 140 Å². The predicted molar refractivity (Wildman–Crippen MR) is 89.1 cm³/mol. The third-order valence-corrected chi connectivity index (χ3v) is 3.84. The molecule has 0 saturated carbocycles. The number of hydrogen-bond donors (Lipinski definition) is 1. The highest BCUT2D eigenvalue weighted by Crippen LogP contribution is 2.31. The number of rotatable bonds is 5. The first kappa shape index (κ1) is 17.1. The van der Waals surface area contributed by atoms with E-state index in [9.17, 15) is 4.79 Å². The van der Waals surface area contributed by atoms with Gasteiger partial charge in [0.25, 0.3) is 0 Å². The maximum absolute atomic E-state index is 12.3. The molecule has 0 bridgehead atoms. The number of halogens is 1. The van der Waals surface area contributed by atoms with Crippen molar-refractivity contribution in [3.63, 3.8) is 0 Å². The number of aryl methyl sites for hydroxylation is 2. The van der Waals surface area contributed by atoms with Crippen LogP contribution >= 0.6 is 11.6 Å². The summed E-state index contributed by atoms with van der Waals surface area (Å²) in [4.78, 5) is 13.8. The van der Waals surface area contributed by atoms with Crippen LogP contribution in [-0.2, 0) is 13.0 Å². The number of carbonyl (C=O) groups excluding carboxylic acids is 1. The number of ether oxygens (including phenoxy) is 1. The third kappa shape index (κ3) is 4.16. The van der Waals surface area contributed by atoms with Crippen molar-refractivity contribution >= 4 is 23.3 Å². The van der Waals surface area contributed by atoms with Crippen LogP contribution in [0.2, 0.25) is 5.02 Å². The molecule has 0 fully saturated rings. The lowest BCUT2D eigenvalue weighted by Crippen LogP contribution is -2.30. The summed E-state index contributed by atoms with van der Waals surface area (Å²) in [6, 6.07) is 5.02. The van der Waals surface area contributed by atoms with Gasteiger partial charge in [0.1, 0.15) is 5.75 Å². The van der Waals surface area contributed by atoms with E-state index in [0.29, 0.717) is 28.8 Å². The largest absolute Gasteiger partial charge is 0.495 e. The van der Waals surface area contributed by atoms with Crippen LogP contribution in [-0.4, -0.2) is 30.2 Å². The number of aromatic nitrogens is 1. The summed E-state index contributed by atoms with van der Waals surface area (Å²) in [5.74, 6) is 1.15. The van der Waals surface area contributed by atoms with E-state index in [2.05, 4.69) is 10.5 Å². The lowest BCUT2D eigenvalue weighted by atomic mass is 10.2. The second-order valence-corrected chi connectivity index (χ2v) is 5.63. The molecule has 0 aliphatic carbocycles. The minimum atomic E-state index is -0.278. The molecule has 2 rings (SSSR count). The molecule has 1 aromatic heterocycles. The van der Waals surface area contributed by atoms with Crippen molar-refractivity contribution in [2.75, 3.05) is 19.5 Å². The number of nitrogens with one attached hydrogen (secondary N) is 1. The third-order valence-electron chi connectivity index (χ3n) is 3.43. The highest BCUT2D eigenvalue weighted by Gasteiger charge is 2.15. The molecule has 0 radical (unpaired) electrons. The first-order valence-corrected chi connectivity index (χ1v) is 7.63. The number of hydrogen-bond acceptors (Lipinski definition) is 4. The average Bonchev–Trinajstić information content (AvgIpc) is 2.98. The number of nitrogens with zero attached hydrogens (tertiary/aromatic N) is 2. The number of anilines is 1. The van der Waals surface area contributed by atoms with Crippen molar-refractivity contribution in [3.8, 4) is 5.75 Å². The van der Waals surface area contributed by atoms with Gasteiger partial charge in [-0.3, -0.25) is 0 Å². The van der Waals surface area contributed by atoms with Crippen LogP contribution in [0.4, 0.5) is 10.5 Å². The maximum Gasteiger partial charge on any atom is 0.322 e. The van der Waals surface area contributed by atoms with Gasteiger partial charge in [0.2, 0.25) is 0 Å². The summed E-state index contributed by atoms with van der Waals surface area (Å²) >= 11 is 6.06. The molecule has 23 heavy (non-hydrogen) atoms. The molecule has 1 aromatic carbocycles. The van der Waals surface area contributed by atoms with Gasteiger partial charge in [0, 0.05) is 24.2 Å². The Bertz CT molecular complexity index is 700. The van der Waals surface area contributed by atoms with Crippen molar-refractivity contribution in [2.45, 2.75) is 26.8 Å². The molecule has 1 heterocycles. The first-order chi connectivity index (χ1) is 10.9. The van der Waals surface area contributed by atoms with E-state index in [4.69, 9.17) is 20.9 Å². The van der Waals surface area contributed by atoms with E-state index < -0.39 is 0 Å². The molecule has 1 N–H and O–H groups in total. The molecule has 0 aliphatic heterocycles. The molecule has 0 spiro atoms. The van der Waals surface area contributed by atoms with Gasteiger partial charge in [-0.2, -0.15) is 0 Å². The lowest BCUT2D eigenvalue weighted by molar-refractivity contribution is 0.214. The summed E-state index contributed by atoms with van der Waals surface area (Å²) in [6.45, 7) is 4.18. The lowest BCUT2D eigenvalue weighted by Gasteiger charge is -2.18. The highest BCUT2D eigenvalue weighted by atomic mass is 35.5. The molecular weight excluding hydrogens is 318 g/mol. The van der Waals surface area contributed by atoms with E-state index in [-0.39, 0.29) is 6.03 Å². The van der Waals surface area contributed by atoms with Gasteiger partial charge in [-0.05, 0) is 25.0 Å². The van der Waals surface area contributed by atoms with Gasteiger partial charge in [0.05, 0.1) is 25.0 Å². The minimum absolute atomic E-state index is 0.278. The normalized spacial score (nSPS) is 10.5. The molecule has 0 aliphatic rings. The molecule has 2 aromatic rings. The van der Waals surface area contributed by atoms with Crippen LogP contribution < -0.4 is 10.1 Å². The standard InChI is InChI=1S/C16H20ClN3O3/c1-5-11-7-12(23-19-11)9-20(3)16(21)18-14-6-10(2)13(17)8-15(14)22-4/h6-8H,5,9H2,1-4H3,(H,18,21). The molecule has 124 valence electrons. The predicted octanol–water partition coefficient (Wildman–Crippen LogP) is 3.87. The van der Waals surface area contributed by atoms with Crippen molar-refractivity contribution in [3.05, 3.63) is 40.2 Å². The molecule has 0 atom stereocenters. The monoisotopic (exact) mass is 337 g/mol. The van der Waals surface area contributed by atoms with Crippen LogP contribution in [0.15, 0.2) is 22.7 Å². The Morgan fingerprint density at radius 2 is 2.17 bits per heavy atom. The van der Waals surface area contributed by atoms with E-state index in [1.807, 2.05) is 19.9 Å².